The number of aromatic nitrogens is 2. The van der Waals surface area contributed by atoms with E-state index in [9.17, 15) is 18.0 Å². The van der Waals surface area contributed by atoms with Gasteiger partial charge in [0.15, 0.2) is 5.69 Å². The zero-order valence-corrected chi connectivity index (χ0v) is 13.4. The van der Waals surface area contributed by atoms with E-state index in [1.807, 2.05) is 0 Å². The van der Waals surface area contributed by atoms with Gasteiger partial charge in [0.05, 0.1) is 19.3 Å². The SMILES string of the molecule is Cc1c(C(=O)N(CC(F)(F)F)C2CCCOC2)nn2c1OCCC2. The molecule has 1 fully saturated rings. The highest BCUT2D eigenvalue weighted by molar-refractivity contribution is 5.94. The number of aryl methyl sites for hydroxylation is 1. The highest BCUT2D eigenvalue weighted by Crippen LogP contribution is 2.28. The minimum absolute atomic E-state index is 0.0294. The van der Waals surface area contributed by atoms with Gasteiger partial charge >= 0.3 is 6.18 Å². The quantitative estimate of drug-likeness (QED) is 0.841. The highest BCUT2D eigenvalue weighted by atomic mass is 19.4. The van der Waals surface area contributed by atoms with Crippen LogP contribution in [0.1, 0.15) is 35.3 Å². The summed E-state index contributed by atoms with van der Waals surface area (Å²) in [6, 6.07) is -0.591. The summed E-state index contributed by atoms with van der Waals surface area (Å²) in [4.78, 5) is 13.6. The van der Waals surface area contributed by atoms with E-state index in [4.69, 9.17) is 9.47 Å². The molecule has 0 N–H and O–H groups in total. The Morgan fingerprint density at radius 3 is 2.79 bits per heavy atom. The van der Waals surface area contributed by atoms with E-state index < -0.39 is 24.7 Å². The van der Waals surface area contributed by atoms with Crippen LogP contribution in [0.3, 0.4) is 0 Å². The van der Waals surface area contributed by atoms with Crippen LogP contribution in [0.2, 0.25) is 0 Å². The molecule has 3 rings (SSSR count). The van der Waals surface area contributed by atoms with Crippen LogP contribution in [0.4, 0.5) is 13.2 Å². The molecule has 0 aliphatic carbocycles. The maximum atomic E-state index is 13.0. The molecule has 1 saturated heterocycles. The third kappa shape index (κ3) is 3.50. The molecular weight excluding hydrogens is 327 g/mol. The van der Waals surface area contributed by atoms with E-state index in [0.29, 0.717) is 44.0 Å². The van der Waals surface area contributed by atoms with Gasteiger partial charge in [-0.05, 0) is 19.8 Å². The predicted molar refractivity (Wildman–Crippen MR) is 78.0 cm³/mol. The lowest BCUT2D eigenvalue weighted by atomic mass is 10.1. The van der Waals surface area contributed by atoms with Crippen molar-refractivity contribution in [3.63, 3.8) is 0 Å². The summed E-state index contributed by atoms with van der Waals surface area (Å²) in [5.41, 5.74) is 0.519. The van der Waals surface area contributed by atoms with Crippen molar-refractivity contribution in [2.75, 3.05) is 26.4 Å². The van der Waals surface area contributed by atoms with Gasteiger partial charge in [-0.15, -0.1) is 0 Å². The lowest BCUT2D eigenvalue weighted by Gasteiger charge is -2.34. The van der Waals surface area contributed by atoms with Gasteiger partial charge in [0.25, 0.3) is 5.91 Å². The van der Waals surface area contributed by atoms with Crippen LogP contribution in [-0.2, 0) is 11.3 Å². The molecule has 134 valence electrons. The van der Waals surface area contributed by atoms with Crippen LogP contribution >= 0.6 is 0 Å². The summed E-state index contributed by atoms with van der Waals surface area (Å²) in [5, 5.41) is 4.19. The third-order valence-electron chi connectivity index (χ3n) is 4.27. The number of hydrogen-bond acceptors (Lipinski definition) is 4. The first kappa shape index (κ1) is 17.1. The Labute approximate surface area is 137 Å². The van der Waals surface area contributed by atoms with Crippen LogP contribution in [0.25, 0.3) is 0 Å². The molecule has 24 heavy (non-hydrogen) atoms. The predicted octanol–water partition coefficient (Wildman–Crippen LogP) is 2.16. The molecule has 1 aromatic rings. The number of alkyl halides is 3. The average molecular weight is 347 g/mol. The summed E-state index contributed by atoms with van der Waals surface area (Å²) in [6.07, 6.45) is -2.60. The Bertz CT molecular complexity index is 609. The van der Waals surface area contributed by atoms with Gasteiger partial charge in [0, 0.05) is 25.1 Å². The van der Waals surface area contributed by atoms with Crippen LogP contribution in [-0.4, -0.2) is 59.2 Å². The second kappa shape index (κ2) is 6.62. The molecular formula is C15H20F3N3O3. The standard InChI is InChI=1S/C15H20F3N3O3/c1-10-12(19-21-5-3-7-24-14(10)21)13(22)20(9-15(16,17)18)11-4-2-6-23-8-11/h11H,2-9H2,1H3. The van der Waals surface area contributed by atoms with E-state index in [1.165, 1.54) is 0 Å². The van der Waals surface area contributed by atoms with Crippen molar-refractivity contribution in [2.24, 2.45) is 0 Å². The molecule has 0 aromatic carbocycles. The number of carbonyl (C=O) groups excluding carboxylic acids is 1. The monoisotopic (exact) mass is 347 g/mol. The van der Waals surface area contributed by atoms with Crippen molar-refractivity contribution in [1.29, 1.82) is 0 Å². The zero-order chi connectivity index (χ0) is 17.3. The summed E-state index contributed by atoms with van der Waals surface area (Å²) in [7, 11) is 0. The first-order valence-corrected chi connectivity index (χ1v) is 8.02. The number of ether oxygens (including phenoxy) is 2. The van der Waals surface area contributed by atoms with Crippen molar-refractivity contribution in [3.8, 4) is 5.88 Å². The minimum Gasteiger partial charge on any atom is -0.478 e. The summed E-state index contributed by atoms with van der Waals surface area (Å²) < 4.78 is 51.2. The largest absolute Gasteiger partial charge is 0.478 e. The summed E-state index contributed by atoms with van der Waals surface area (Å²) in [6.45, 7) is 2.09. The van der Waals surface area contributed by atoms with Crippen molar-refractivity contribution >= 4 is 5.91 Å². The molecule has 2 aliphatic heterocycles. The van der Waals surface area contributed by atoms with Gasteiger partial charge in [0.2, 0.25) is 5.88 Å². The van der Waals surface area contributed by atoms with Crippen molar-refractivity contribution in [3.05, 3.63) is 11.3 Å². The molecule has 1 atom stereocenters. The molecule has 0 spiro atoms. The number of amides is 1. The van der Waals surface area contributed by atoms with E-state index in [-0.39, 0.29) is 12.3 Å². The van der Waals surface area contributed by atoms with Crippen LogP contribution in [0.5, 0.6) is 5.88 Å². The Hall–Kier alpha value is -1.77. The zero-order valence-electron chi connectivity index (χ0n) is 13.4. The molecule has 2 aliphatic rings. The fraction of sp³-hybridized carbons (Fsp3) is 0.733. The Balaban J connectivity index is 1.89. The molecule has 0 saturated carbocycles. The third-order valence-corrected chi connectivity index (χ3v) is 4.27. The number of carbonyl (C=O) groups is 1. The van der Waals surface area contributed by atoms with Gasteiger partial charge in [-0.25, -0.2) is 4.68 Å². The van der Waals surface area contributed by atoms with Crippen molar-refractivity contribution < 1.29 is 27.4 Å². The summed E-state index contributed by atoms with van der Waals surface area (Å²) in [5.74, 6) is -0.248. The molecule has 1 unspecified atom stereocenters. The number of rotatable bonds is 3. The first-order chi connectivity index (χ1) is 11.4. The van der Waals surface area contributed by atoms with Gasteiger partial charge in [-0.3, -0.25) is 4.79 Å². The van der Waals surface area contributed by atoms with E-state index in [1.54, 1.807) is 11.6 Å². The molecule has 1 amide bonds. The molecule has 0 radical (unpaired) electrons. The molecule has 1 aromatic heterocycles. The van der Waals surface area contributed by atoms with Crippen molar-refractivity contribution in [2.45, 2.75) is 44.9 Å². The molecule has 9 heteroatoms. The molecule has 0 bridgehead atoms. The smallest absolute Gasteiger partial charge is 0.406 e. The van der Waals surface area contributed by atoms with Crippen molar-refractivity contribution in [1.82, 2.24) is 14.7 Å². The van der Waals surface area contributed by atoms with Crippen LogP contribution in [0, 0.1) is 6.92 Å². The lowest BCUT2D eigenvalue weighted by molar-refractivity contribution is -0.148. The Kier molecular flexibility index (Phi) is 4.71. The first-order valence-electron chi connectivity index (χ1n) is 8.02. The fourth-order valence-electron chi connectivity index (χ4n) is 3.12. The second-order valence-electron chi connectivity index (χ2n) is 6.12. The highest BCUT2D eigenvalue weighted by Gasteiger charge is 2.39. The number of nitrogens with zero attached hydrogens (tertiary/aromatic N) is 3. The van der Waals surface area contributed by atoms with Gasteiger partial charge in [-0.1, -0.05) is 0 Å². The average Bonchev–Trinajstić information content (AvgIpc) is 2.89. The summed E-state index contributed by atoms with van der Waals surface area (Å²) >= 11 is 0. The second-order valence-corrected chi connectivity index (χ2v) is 6.12. The maximum Gasteiger partial charge on any atom is 0.406 e. The Morgan fingerprint density at radius 2 is 2.17 bits per heavy atom. The van der Waals surface area contributed by atoms with Crippen LogP contribution < -0.4 is 4.74 Å². The maximum absolute atomic E-state index is 13.0. The lowest BCUT2D eigenvalue weighted by Crippen LogP contribution is -2.49. The molecule has 3 heterocycles. The number of hydrogen-bond donors (Lipinski definition) is 0. The van der Waals surface area contributed by atoms with E-state index in [0.717, 1.165) is 11.3 Å². The van der Waals surface area contributed by atoms with E-state index in [2.05, 4.69) is 5.10 Å². The van der Waals surface area contributed by atoms with Gasteiger partial charge < -0.3 is 14.4 Å². The number of fused-ring (bicyclic) bond motifs is 1. The van der Waals surface area contributed by atoms with Crippen LogP contribution in [0.15, 0.2) is 0 Å². The minimum atomic E-state index is -4.48. The fourth-order valence-corrected chi connectivity index (χ4v) is 3.12. The normalized spacial score (nSPS) is 21.1. The van der Waals surface area contributed by atoms with Gasteiger partial charge in [-0.2, -0.15) is 18.3 Å². The van der Waals surface area contributed by atoms with Gasteiger partial charge in [0.1, 0.15) is 6.54 Å². The topological polar surface area (TPSA) is 56.6 Å². The number of halogens is 3. The van der Waals surface area contributed by atoms with E-state index >= 15 is 0 Å². The molecule has 6 nitrogen and oxygen atoms in total. The Morgan fingerprint density at radius 1 is 1.38 bits per heavy atom.